The van der Waals surface area contributed by atoms with E-state index in [4.69, 9.17) is 15.2 Å². The second-order valence-electron chi connectivity index (χ2n) is 6.54. The van der Waals surface area contributed by atoms with Gasteiger partial charge in [0.25, 0.3) is 5.91 Å². The maximum atomic E-state index is 12.5. The second kappa shape index (κ2) is 10.3. The molecule has 0 fully saturated rings. The molecule has 0 aromatic heterocycles. The highest BCUT2D eigenvalue weighted by atomic mass is 16.5. The SMILES string of the molecule is CCCOc1ccc(C(C)NC(=O)c2ccc(C(N)=O)cc2)cc1OCCC. The predicted molar refractivity (Wildman–Crippen MR) is 109 cm³/mol. The smallest absolute Gasteiger partial charge is 0.251 e. The monoisotopic (exact) mass is 384 g/mol. The number of amides is 2. The van der Waals surface area contributed by atoms with Gasteiger partial charge in [0.1, 0.15) is 0 Å². The molecule has 2 aromatic rings. The third kappa shape index (κ3) is 5.74. The molecule has 0 saturated heterocycles. The normalized spacial score (nSPS) is 11.5. The molecule has 0 saturated carbocycles. The molecule has 2 amide bonds. The molecule has 0 aliphatic rings. The zero-order valence-electron chi connectivity index (χ0n) is 16.7. The zero-order valence-corrected chi connectivity index (χ0v) is 16.7. The minimum Gasteiger partial charge on any atom is -0.490 e. The Balaban J connectivity index is 2.12. The first-order valence-electron chi connectivity index (χ1n) is 9.56. The van der Waals surface area contributed by atoms with Crippen molar-refractivity contribution >= 4 is 11.8 Å². The molecule has 1 atom stereocenters. The minimum atomic E-state index is -0.523. The van der Waals surface area contributed by atoms with Crippen molar-refractivity contribution < 1.29 is 19.1 Å². The van der Waals surface area contributed by atoms with Gasteiger partial charge >= 0.3 is 0 Å². The van der Waals surface area contributed by atoms with E-state index in [1.165, 1.54) is 0 Å². The molecule has 0 spiro atoms. The number of rotatable bonds is 10. The van der Waals surface area contributed by atoms with Crippen molar-refractivity contribution in [2.45, 2.75) is 39.7 Å². The van der Waals surface area contributed by atoms with Crippen LogP contribution in [-0.4, -0.2) is 25.0 Å². The lowest BCUT2D eigenvalue weighted by Crippen LogP contribution is -2.26. The maximum Gasteiger partial charge on any atom is 0.251 e. The van der Waals surface area contributed by atoms with E-state index in [-0.39, 0.29) is 11.9 Å². The van der Waals surface area contributed by atoms with Crippen LogP contribution in [0, 0.1) is 0 Å². The summed E-state index contributed by atoms with van der Waals surface area (Å²) in [4.78, 5) is 23.6. The summed E-state index contributed by atoms with van der Waals surface area (Å²) in [5.41, 5.74) is 6.97. The van der Waals surface area contributed by atoms with Gasteiger partial charge in [0.05, 0.1) is 19.3 Å². The Morgan fingerprint density at radius 1 is 0.929 bits per heavy atom. The average Bonchev–Trinajstić information content (AvgIpc) is 2.70. The van der Waals surface area contributed by atoms with Gasteiger partial charge in [-0.3, -0.25) is 9.59 Å². The first kappa shape index (κ1) is 21.3. The van der Waals surface area contributed by atoms with Gasteiger partial charge in [-0.2, -0.15) is 0 Å². The van der Waals surface area contributed by atoms with Crippen LogP contribution in [0.1, 0.15) is 65.9 Å². The van der Waals surface area contributed by atoms with Crippen LogP contribution in [0.3, 0.4) is 0 Å². The molecule has 6 heteroatoms. The highest BCUT2D eigenvalue weighted by Crippen LogP contribution is 2.31. The van der Waals surface area contributed by atoms with E-state index < -0.39 is 5.91 Å². The van der Waals surface area contributed by atoms with Crippen molar-refractivity contribution in [1.82, 2.24) is 5.32 Å². The van der Waals surface area contributed by atoms with E-state index in [1.54, 1.807) is 24.3 Å². The molecular formula is C22H28N2O4. The lowest BCUT2D eigenvalue weighted by Gasteiger charge is -2.18. The van der Waals surface area contributed by atoms with Crippen LogP contribution in [0.15, 0.2) is 42.5 Å². The third-order valence-corrected chi connectivity index (χ3v) is 4.17. The van der Waals surface area contributed by atoms with Gasteiger partial charge in [-0.05, 0) is 61.7 Å². The molecule has 2 rings (SSSR count). The van der Waals surface area contributed by atoms with E-state index in [0.29, 0.717) is 35.8 Å². The van der Waals surface area contributed by atoms with E-state index >= 15 is 0 Å². The molecule has 3 N–H and O–H groups in total. The highest BCUT2D eigenvalue weighted by molar-refractivity contribution is 5.97. The Morgan fingerprint density at radius 2 is 1.50 bits per heavy atom. The van der Waals surface area contributed by atoms with Crippen LogP contribution in [-0.2, 0) is 0 Å². The lowest BCUT2D eigenvalue weighted by molar-refractivity contribution is 0.0937. The van der Waals surface area contributed by atoms with Crippen molar-refractivity contribution in [3.8, 4) is 11.5 Å². The quantitative estimate of drug-likeness (QED) is 0.651. The van der Waals surface area contributed by atoms with Gasteiger partial charge in [0, 0.05) is 11.1 Å². The lowest BCUT2D eigenvalue weighted by atomic mass is 10.1. The second-order valence-corrected chi connectivity index (χ2v) is 6.54. The Kier molecular flexibility index (Phi) is 7.87. The van der Waals surface area contributed by atoms with Crippen molar-refractivity contribution in [3.05, 3.63) is 59.2 Å². The number of nitrogens with one attached hydrogen (secondary N) is 1. The molecular weight excluding hydrogens is 356 g/mol. The van der Waals surface area contributed by atoms with Gasteiger partial charge in [-0.1, -0.05) is 19.9 Å². The number of nitrogens with two attached hydrogens (primary N) is 1. The zero-order chi connectivity index (χ0) is 20.5. The van der Waals surface area contributed by atoms with Crippen molar-refractivity contribution in [3.63, 3.8) is 0 Å². The number of primary amides is 1. The van der Waals surface area contributed by atoms with Crippen LogP contribution < -0.4 is 20.5 Å². The summed E-state index contributed by atoms with van der Waals surface area (Å²) >= 11 is 0. The minimum absolute atomic E-state index is 0.229. The number of hydrogen-bond donors (Lipinski definition) is 2. The molecule has 1 unspecified atom stereocenters. The Morgan fingerprint density at radius 3 is 2.07 bits per heavy atom. The summed E-state index contributed by atoms with van der Waals surface area (Å²) < 4.78 is 11.6. The van der Waals surface area contributed by atoms with E-state index in [0.717, 1.165) is 18.4 Å². The van der Waals surface area contributed by atoms with Crippen LogP contribution in [0.4, 0.5) is 0 Å². The van der Waals surface area contributed by atoms with Gasteiger partial charge in [-0.15, -0.1) is 0 Å². The number of carbonyl (C=O) groups excluding carboxylic acids is 2. The van der Waals surface area contributed by atoms with Gasteiger partial charge in [-0.25, -0.2) is 0 Å². The molecule has 0 radical (unpaired) electrons. The number of benzene rings is 2. The summed E-state index contributed by atoms with van der Waals surface area (Å²) in [6.45, 7) is 7.22. The molecule has 0 heterocycles. The number of ether oxygens (including phenoxy) is 2. The van der Waals surface area contributed by atoms with Crippen molar-refractivity contribution in [2.75, 3.05) is 13.2 Å². The van der Waals surface area contributed by atoms with Crippen molar-refractivity contribution in [2.24, 2.45) is 5.73 Å². The average molecular weight is 384 g/mol. The number of hydrogen-bond acceptors (Lipinski definition) is 4. The van der Waals surface area contributed by atoms with E-state index in [1.807, 2.05) is 32.0 Å². The van der Waals surface area contributed by atoms with Crippen molar-refractivity contribution in [1.29, 1.82) is 0 Å². The van der Waals surface area contributed by atoms with Crippen LogP contribution in [0.5, 0.6) is 11.5 Å². The van der Waals surface area contributed by atoms with E-state index in [9.17, 15) is 9.59 Å². The summed E-state index contributed by atoms with van der Waals surface area (Å²) in [7, 11) is 0. The number of carbonyl (C=O) groups is 2. The highest BCUT2D eigenvalue weighted by Gasteiger charge is 2.15. The van der Waals surface area contributed by atoms with Gasteiger partial charge in [0.2, 0.25) is 5.91 Å². The summed E-state index contributed by atoms with van der Waals surface area (Å²) in [5, 5.41) is 2.96. The Bertz CT molecular complexity index is 803. The standard InChI is InChI=1S/C22H28N2O4/c1-4-12-27-19-11-10-18(14-20(19)28-13-5-2)15(3)24-22(26)17-8-6-16(7-9-17)21(23)25/h6-11,14-15H,4-5,12-13H2,1-3H3,(H2,23,25)(H,24,26). The topological polar surface area (TPSA) is 90.6 Å². The fraction of sp³-hybridized carbons (Fsp3) is 0.364. The van der Waals surface area contributed by atoms with Crippen LogP contribution in [0.25, 0.3) is 0 Å². The van der Waals surface area contributed by atoms with E-state index in [2.05, 4.69) is 12.2 Å². The Labute approximate surface area is 166 Å². The van der Waals surface area contributed by atoms with Gasteiger partial charge < -0.3 is 20.5 Å². The molecule has 2 aromatic carbocycles. The molecule has 0 bridgehead atoms. The summed E-state index contributed by atoms with van der Waals surface area (Å²) in [5.74, 6) is 0.635. The van der Waals surface area contributed by atoms with Crippen LogP contribution in [0.2, 0.25) is 0 Å². The Hall–Kier alpha value is -3.02. The molecule has 28 heavy (non-hydrogen) atoms. The largest absolute Gasteiger partial charge is 0.490 e. The predicted octanol–water partition coefficient (Wildman–Crippen LogP) is 3.85. The van der Waals surface area contributed by atoms with Gasteiger partial charge in [0.15, 0.2) is 11.5 Å². The maximum absolute atomic E-state index is 12.5. The first-order chi connectivity index (χ1) is 13.5. The molecule has 150 valence electrons. The molecule has 0 aliphatic heterocycles. The summed E-state index contributed by atoms with van der Waals surface area (Å²) in [6.07, 6.45) is 1.81. The third-order valence-electron chi connectivity index (χ3n) is 4.17. The fourth-order valence-corrected chi connectivity index (χ4v) is 2.60. The summed E-state index contributed by atoms with van der Waals surface area (Å²) in [6, 6.07) is 11.7. The molecule has 6 nitrogen and oxygen atoms in total. The molecule has 0 aliphatic carbocycles. The fourth-order valence-electron chi connectivity index (χ4n) is 2.60. The first-order valence-corrected chi connectivity index (χ1v) is 9.56. The van der Waals surface area contributed by atoms with Crippen LogP contribution >= 0.6 is 0 Å².